The number of hydrogen-bond donors (Lipinski definition) is 0. The van der Waals surface area contributed by atoms with Gasteiger partial charge in [-0.05, 0) is 59.9 Å². The lowest BCUT2D eigenvalue weighted by Crippen LogP contribution is -2.31. The van der Waals surface area contributed by atoms with Crippen molar-refractivity contribution in [1.82, 2.24) is 0 Å². The fraction of sp³-hybridized carbons (Fsp3) is 0.472. The van der Waals surface area contributed by atoms with E-state index in [9.17, 15) is 4.79 Å². The highest BCUT2D eigenvalue weighted by Crippen LogP contribution is 2.29. The third-order valence-corrected chi connectivity index (χ3v) is 8.33. The number of anilines is 1. The Labute approximate surface area is 259 Å². The summed E-state index contributed by atoms with van der Waals surface area (Å²) in [6.45, 7) is 0.464. The summed E-state index contributed by atoms with van der Waals surface area (Å²) in [5.74, 6) is 2.58. The minimum atomic E-state index is -0.140. The van der Waals surface area contributed by atoms with Crippen molar-refractivity contribution in [2.45, 2.75) is 102 Å². The summed E-state index contributed by atoms with van der Waals surface area (Å²) in [6, 6.07) is 25.2. The number of carbonyl (C=O) groups excluding carboxylic acids is 1. The Kier molecular flexibility index (Phi) is 14.2. The van der Waals surface area contributed by atoms with Gasteiger partial charge in [-0.2, -0.15) is 0 Å². The summed E-state index contributed by atoms with van der Waals surface area (Å²) >= 11 is 5.91. The second kappa shape index (κ2) is 18.6. The van der Waals surface area contributed by atoms with Gasteiger partial charge in [0, 0.05) is 5.69 Å². The van der Waals surface area contributed by atoms with Crippen molar-refractivity contribution in [3.8, 4) is 17.2 Å². The molecule has 0 aromatic heterocycles. The summed E-state index contributed by atoms with van der Waals surface area (Å²) in [5, 5.41) is 0. The third-order valence-electron chi connectivity index (χ3n) is 8.10. The van der Waals surface area contributed by atoms with Gasteiger partial charge in [0.2, 0.25) is 5.91 Å². The third kappa shape index (κ3) is 11.4. The zero-order valence-electron chi connectivity index (χ0n) is 25.0. The van der Waals surface area contributed by atoms with Crippen molar-refractivity contribution in [3.05, 3.63) is 84.4 Å². The molecule has 1 saturated carbocycles. The quantitative estimate of drug-likeness (QED) is 0.185. The summed E-state index contributed by atoms with van der Waals surface area (Å²) in [6.07, 6.45) is 18.9. The first-order valence-corrected chi connectivity index (χ1v) is 16.5. The highest BCUT2D eigenvalue weighted by molar-refractivity contribution is 6.30. The van der Waals surface area contributed by atoms with Gasteiger partial charge in [-0.25, -0.2) is 0 Å². The molecule has 42 heavy (non-hydrogen) atoms. The zero-order valence-corrected chi connectivity index (χ0v) is 25.8. The van der Waals surface area contributed by atoms with Crippen molar-refractivity contribution in [3.63, 3.8) is 0 Å². The predicted molar refractivity (Wildman–Crippen MR) is 176 cm³/mol. The molecule has 0 saturated heterocycles. The molecule has 0 unspecified atom stereocenters. The standard InChI is InChI=1S/C36H46BClNO3/c38-28-36(40)39(29-30-16-12-11-13-17-30)32-20-22-33(23-21-32)41-34-24-26-35(27-25-34)42-37-31-18-14-9-7-5-3-1-2-4-6-8-10-15-19-31/h11-13,16-17,20-27,31H,1-10,14-15,18-19,28-29H2. The lowest BCUT2D eigenvalue weighted by molar-refractivity contribution is -0.116. The topological polar surface area (TPSA) is 38.8 Å². The van der Waals surface area contributed by atoms with Crippen LogP contribution in [-0.2, 0) is 11.3 Å². The number of carbonyl (C=O) groups is 1. The van der Waals surface area contributed by atoms with Crippen LogP contribution in [0.15, 0.2) is 78.9 Å². The molecule has 223 valence electrons. The number of ether oxygens (including phenoxy) is 1. The van der Waals surface area contributed by atoms with E-state index in [1.165, 1.54) is 89.9 Å². The lowest BCUT2D eigenvalue weighted by atomic mass is 9.73. The monoisotopic (exact) mass is 586 g/mol. The number of alkyl halides is 1. The minimum absolute atomic E-state index is 0.0717. The number of amides is 1. The average molecular weight is 587 g/mol. The molecule has 1 aliphatic rings. The van der Waals surface area contributed by atoms with Gasteiger partial charge in [0.05, 0.1) is 12.3 Å². The molecule has 6 heteroatoms. The molecule has 0 atom stereocenters. The Hall–Kier alpha value is -2.92. The summed E-state index contributed by atoms with van der Waals surface area (Å²) in [5.41, 5.74) is 1.83. The van der Waals surface area contributed by atoms with Crippen molar-refractivity contribution in [1.29, 1.82) is 0 Å². The highest BCUT2D eigenvalue weighted by Gasteiger charge is 2.16. The van der Waals surface area contributed by atoms with Crippen LogP contribution in [-0.4, -0.2) is 19.3 Å². The molecular weight excluding hydrogens is 541 g/mol. The fourth-order valence-electron chi connectivity index (χ4n) is 5.61. The van der Waals surface area contributed by atoms with E-state index in [-0.39, 0.29) is 11.8 Å². The minimum Gasteiger partial charge on any atom is -0.563 e. The number of halogens is 1. The maximum Gasteiger partial charge on any atom is 0.373 e. The number of hydrogen-bond acceptors (Lipinski definition) is 3. The van der Waals surface area contributed by atoms with Crippen LogP contribution in [0.4, 0.5) is 5.69 Å². The average Bonchev–Trinajstić information content (AvgIpc) is 3.04. The van der Waals surface area contributed by atoms with E-state index in [1.54, 1.807) is 4.90 Å². The fourth-order valence-corrected chi connectivity index (χ4v) is 5.76. The second-order valence-corrected chi connectivity index (χ2v) is 11.8. The van der Waals surface area contributed by atoms with E-state index in [0.717, 1.165) is 22.7 Å². The first kappa shape index (κ1) is 32.0. The Morgan fingerprint density at radius 2 is 1.14 bits per heavy atom. The van der Waals surface area contributed by atoms with Crippen molar-refractivity contribution < 1.29 is 14.2 Å². The predicted octanol–water partition coefficient (Wildman–Crippen LogP) is 10.5. The maximum absolute atomic E-state index is 12.5. The molecule has 0 spiro atoms. The van der Waals surface area contributed by atoms with Crippen LogP contribution in [0.1, 0.15) is 95.5 Å². The molecule has 4 rings (SSSR count). The van der Waals surface area contributed by atoms with E-state index in [0.29, 0.717) is 18.1 Å². The first-order chi connectivity index (χ1) is 20.7. The number of nitrogens with zero attached hydrogens (tertiary/aromatic N) is 1. The van der Waals surface area contributed by atoms with Gasteiger partial charge >= 0.3 is 7.48 Å². The molecule has 0 aliphatic heterocycles. The van der Waals surface area contributed by atoms with Crippen LogP contribution in [0.5, 0.6) is 17.2 Å². The second-order valence-electron chi connectivity index (χ2n) is 11.5. The molecule has 0 bridgehead atoms. The van der Waals surface area contributed by atoms with Crippen molar-refractivity contribution in [2.24, 2.45) is 0 Å². The van der Waals surface area contributed by atoms with E-state index < -0.39 is 0 Å². The van der Waals surface area contributed by atoms with Crippen LogP contribution >= 0.6 is 11.6 Å². The molecule has 1 fully saturated rings. The molecule has 3 aromatic rings. The van der Waals surface area contributed by atoms with Gasteiger partial charge < -0.3 is 14.3 Å². The Balaban J connectivity index is 1.27. The van der Waals surface area contributed by atoms with E-state index in [4.69, 9.17) is 21.0 Å². The molecule has 1 radical (unpaired) electrons. The van der Waals surface area contributed by atoms with Crippen LogP contribution in [0, 0.1) is 0 Å². The normalized spacial score (nSPS) is 16.0. The Morgan fingerprint density at radius 1 is 0.667 bits per heavy atom. The number of rotatable bonds is 9. The van der Waals surface area contributed by atoms with Gasteiger partial charge in [0.15, 0.2) is 0 Å². The Morgan fingerprint density at radius 3 is 1.67 bits per heavy atom. The largest absolute Gasteiger partial charge is 0.563 e. The summed E-state index contributed by atoms with van der Waals surface area (Å²) < 4.78 is 12.2. The Bertz CT molecular complexity index is 1140. The van der Waals surface area contributed by atoms with Crippen molar-refractivity contribution >= 4 is 30.7 Å². The number of benzene rings is 3. The summed E-state index contributed by atoms with van der Waals surface area (Å²) in [7, 11) is 2.08. The van der Waals surface area contributed by atoms with E-state index in [2.05, 4.69) is 7.48 Å². The summed E-state index contributed by atoms with van der Waals surface area (Å²) in [4.78, 5) is 14.2. The van der Waals surface area contributed by atoms with Gasteiger partial charge in [-0.3, -0.25) is 4.79 Å². The zero-order chi connectivity index (χ0) is 29.2. The lowest BCUT2D eigenvalue weighted by Gasteiger charge is -2.22. The van der Waals surface area contributed by atoms with E-state index >= 15 is 0 Å². The van der Waals surface area contributed by atoms with Gasteiger partial charge in [-0.15, -0.1) is 11.6 Å². The van der Waals surface area contributed by atoms with E-state index in [1.807, 2.05) is 78.9 Å². The molecular formula is C36H46BClNO3. The van der Waals surface area contributed by atoms with Crippen LogP contribution in [0.3, 0.4) is 0 Å². The maximum atomic E-state index is 12.5. The molecule has 0 N–H and O–H groups in total. The SMILES string of the molecule is O=C(CCl)N(Cc1ccccc1)c1ccc(Oc2ccc(O[B]C3CCCCCCCCCCCCCC3)cc2)cc1. The van der Waals surface area contributed by atoms with Gasteiger partial charge in [-0.1, -0.05) is 120 Å². The van der Waals surface area contributed by atoms with Crippen LogP contribution < -0.4 is 14.3 Å². The van der Waals surface area contributed by atoms with Crippen LogP contribution in [0.2, 0.25) is 5.82 Å². The molecule has 0 heterocycles. The molecule has 3 aromatic carbocycles. The van der Waals surface area contributed by atoms with Gasteiger partial charge in [0.25, 0.3) is 0 Å². The molecule has 1 amide bonds. The molecule has 1 aliphatic carbocycles. The van der Waals surface area contributed by atoms with Crippen molar-refractivity contribution in [2.75, 3.05) is 10.8 Å². The first-order valence-electron chi connectivity index (χ1n) is 16.0. The van der Waals surface area contributed by atoms with Gasteiger partial charge in [0.1, 0.15) is 17.4 Å². The highest BCUT2D eigenvalue weighted by atomic mass is 35.5. The van der Waals surface area contributed by atoms with Crippen LogP contribution in [0.25, 0.3) is 0 Å². The smallest absolute Gasteiger partial charge is 0.373 e. The molecule has 4 nitrogen and oxygen atoms in total.